The van der Waals surface area contributed by atoms with Crippen molar-refractivity contribution in [1.29, 1.82) is 0 Å². The van der Waals surface area contributed by atoms with Crippen LogP contribution in [0.2, 0.25) is 0 Å². The Kier molecular flexibility index (Phi) is 12.8. The van der Waals surface area contributed by atoms with Crippen LogP contribution in [0.4, 0.5) is 0 Å². The van der Waals surface area contributed by atoms with E-state index in [2.05, 4.69) is 373 Å². The second-order valence-electron chi connectivity index (χ2n) is 24.7. The average molecular weight is 1180 g/mol. The molecule has 0 amide bonds. The maximum Gasteiger partial charge on any atom is 0.0713 e. The molecule has 434 valence electrons. The molecule has 0 spiro atoms. The highest BCUT2D eigenvalue weighted by molar-refractivity contribution is 6.13. The molecule has 1 aliphatic rings. The van der Waals surface area contributed by atoms with Crippen LogP contribution in [0.5, 0.6) is 0 Å². The van der Waals surface area contributed by atoms with Crippen molar-refractivity contribution in [3.8, 4) is 100 Å². The Morgan fingerprint density at radius 3 is 0.935 bits per heavy atom. The molecule has 93 heavy (non-hydrogen) atoms. The van der Waals surface area contributed by atoms with E-state index in [4.69, 9.17) is 0 Å². The van der Waals surface area contributed by atoms with Gasteiger partial charge in [-0.15, -0.1) is 0 Å². The van der Waals surface area contributed by atoms with Gasteiger partial charge in [0, 0.05) is 32.9 Å². The van der Waals surface area contributed by atoms with Crippen LogP contribution in [0, 0.1) is 0 Å². The predicted molar refractivity (Wildman–Crippen MR) is 390 cm³/mol. The molecule has 0 atom stereocenters. The zero-order valence-corrected chi connectivity index (χ0v) is 51.0. The van der Waals surface area contributed by atoms with Crippen molar-refractivity contribution < 1.29 is 0 Å². The van der Waals surface area contributed by atoms with E-state index in [0.717, 1.165) is 11.4 Å². The number of rotatable bonds is 11. The lowest BCUT2D eigenvalue weighted by atomic mass is 9.67. The fraction of sp³-hybridized carbons (Fsp3) is 0.0110. The van der Waals surface area contributed by atoms with Crippen molar-refractivity contribution in [2.24, 2.45) is 0 Å². The van der Waals surface area contributed by atoms with Crippen LogP contribution in [-0.2, 0) is 5.41 Å². The maximum absolute atomic E-state index is 2.43. The molecule has 0 saturated carbocycles. The average Bonchev–Trinajstić information content (AvgIpc) is 1.56. The van der Waals surface area contributed by atoms with Crippen LogP contribution >= 0.6 is 0 Å². The van der Waals surface area contributed by atoms with E-state index in [-0.39, 0.29) is 0 Å². The van der Waals surface area contributed by atoms with Crippen LogP contribution in [0.1, 0.15) is 22.3 Å². The monoisotopic (exact) mass is 1180 g/mol. The number of fused-ring (bicyclic) bond motifs is 9. The van der Waals surface area contributed by atoms with Gasteiger partial charge in [-0.25, -0.2) is 0 Å². The lowest BCUT2D eigenvalue weighted by Gasteiger charge is -2.34. The van der Waals surface area contributed by atoms with Crippen molar-refractivity contribution in [3.05, 3.63) is 386 Å². The number of hydrogen-bond acceptors (Lipinski definition) is 0. The molecule has 0 bridgehead atoms. The Balaban J connectivity index is 0.616. The van der Waals surface area contributed by atoms with Crippen molar-refractivity contribution in [1.82, 2.24) is 9.13 Å². The second kappa shape index (κ2) is 22.1. The van der Waals surface area contributed by atoms with Crippen LogP contribution in [0.25, 0.3) is 144 Å². The van der Waals surface area contributed by atoms with Crippen molar-refractivity contribution in [2.75, 3.05) is 0 Å². The van der Waals surface area contributed by atoms with Gasteiger partial charge in [0.05, 0.1) is 27.5 Å². The Bertz CT molecular complexity index is 5630. The van der Waals surface area contributed by atoms with Gasteiger partial charge < -0.3 is 9.13 Å². The van der Waals surface area contributed by atoms with Crippen LogP contribution in [0.3, 0.4) is 0 Å². The Labute approximate surface area is 541 Å². The third kappa shape index (κ3) is 9.02. The largest absolute Gasteiger partial charge is 0.309 e. The molecule has 15 aromatic carbocycles. The highest BCUT2D eigenvalue weighted by Crippen LogP contribution is 2.57. The SMILES string of the molecule is c1ccc(-c2ccc(-n3c4ccccc4c4cc(-c5ccc6c(c5)c5ccccc5n6-c5ccc(-c6ccc(-c7ccc(-c8cccc(C9(c%10ccc(-c%11cccc(-c%12ccccc%12)c%11)cc%10)c%10ccccc%10-c%10ccccc%109)c8)cc7)cc6)cc5)ccc43)cc2)cc1. The zero-order chi connectivity index (χ0) is 61.4. The van der Waals surface area contributed by atoms with Crippen LogP contribution < -0.4 is 0 Å². The van der Waals surface area contributed by atoms with Gasteiger partial charge in [0.15, 0.2) is 0 Å². The van der Waals surface area contributed by atoms with Crippen LogP contribution in [-0.4, -0.2) is 9.13 Å². The van der Waals surface area contributed by atoms with Crippen molar-refractivity contribution in [2.45, 2.75) is 5.41 Å². The zero-order valence-electron chi connectivity index (χ0n) is 51.0. The number of hydrogen-bond donors (Lipinski definition) is 0. The molecule has 2 aromatic heterocycles. The first-order chi connectivity index (χ1) is 46.1. The Morgan fingerprint density at radius 2 is 0.473 bits per heavy atom. The third-order valence-electron chi connectivity index (χ3n) is 19.7. The molecular formula is C91H60N2. The summed E-state index contributed by atoms with van der Waals surface area (Å²) in [7, 11) is 0. The molecule has 0 radical (unpaired) electrons. The molecule has 1 aliphatic carbocycles. The first-order valence-electron chi connectivity index (χ1n) is 32.2. The van der Waals surface area contributed by atoms with E-state index in [9.17, 15) is 0 Å². The maximum atomic E-state index is 2.43. The van der Waals surface area contributed by atoms with E-state index in [1.54, 1.807) is 0 Å². The van der Waals surface area contributed by atoms with Gasteiger partial charge in [-0.2, -0.15) is 0 Å². The molecule has 2 nitrogen and oxygen atoms in total. The third-order valence-corrected chi connectivity index (χ3v) is 19.7. The van der Waals surface area contributed by atoms with Gasteiger partial charge in [0.2, 0.25) is 0 Å². The highest BCUT2D eigenvalue weighted by atomic mass is 15.0. The molecule has 0 unspecified atom stereocenters. The molecule has 0 fully saturated rings. The van der Waals surface area contributed by atoms with Crippen LogP contribution in [0.15, 0.2) is 364 Å². The van der Waals surface area contributed by atoms with E-state index >= 15 is 0 Å². The minimum Gasteiger partial charge on any atom is -0.309 e. The van der Waals surface area contributed by atoms with Gasteiger partial charge in [-0.1, -0.05) is 291 Å². The predicted octanol–water partition coefficient (Wildman–Crippen LogP) is 23.9. The Morgan fingerprint density at radius 1 is 0.172 bits per heavy atom. The number of benzene rings is 15. The smallest absolute Gasteiger partial charge is 0.0713 e. The molecule has 17 aromatic rings. The molecule has 2 heteroatoms. The Hall–Kier alpha value is -12.1. The fourth-order valence-corrected chi connectivity index (χ4v) is 15.2. The van der Waals surface area contributed by atoms with Gasteiger partial charge in [-0.3, -0.25) is 0 Å². The van der Waals surface area contributed by atoms with Gasteiger partial charge in [0.25, 0.3) is 0 Å². The minimum atomic E-state index is -0.520. The van der Waals surface area contributed by atoms with E-state index in [0.29, 0.717) is 0 Å². The first-order valence-corrected chi connectivity index (χ1v) is 32.2. The highest BCUT2D eigenvalue weighted by Gasteiger charge is 2.46. The molecule has 0 N–H and O–H groups in total. The lowest BCUT2D eigenvalue weighted by Crippen LogP contribution is -2.28. The fourth-order valence-electron chi connectivity index (χ4n) is 15.2. The minimum absolute atomic E-state index is 0.520. The number of aromatic nitrogens is 2. The molecule has 0 saturated heterocycles. The summed E-state index contributed by atoms with van der Waals surface area (Å²) in [6, 6.07) is 134. The molecule has 18 rings (SSSR count). The summed E-state index contributed by atoms with van der Waals surface area (Å²) in [4.78, 5) is 0. The number of para-hydroxylation sites is 2. The summed E-state index contributed by atoms with van der Waals surface area (Å²) in [5, 5.41) is 4.96. The summed E-state index contributed by atoms with van der Waals surface area (Å²) in [6.45, 7) is 0. The lowest BCUT2D eigenvalue weighted by molar-refractivity contribution is 0.769. The summed E-state index contributed by atoms with van der Waals surface area (Å²) in [5.41, 5.74) is 31.0. The molecule has 2 heterocycles. The molecule has 0 aliphatic heterocycles. The van der Waals surface area contributed by atoms with E-state index in [1.807, 2.05) is 0 Å². The second-order valence-corrected chi connectivity index (χ2v) is 24.7. The first kappa shape index (κ1) is 53.9. The summed E-state index contributed by atoms with van der Waals surface area (Å²) >= 11 is 0. The standard InChI is InChI=1S/C91H60N2/c1-3-17-61(18-4-1)66-43-51-77(52-44-66)92-87-31-13-9-27-81(87)83-59-73(47-55-89(83)92)74-48-56-90-84(60-74)82-28-10-14-32-88(82)93(90)78-53-45-67(46-54-78)65-35-33-63(34-36-65)64-37-39-68(40-38-64)72-23-16-24-76(58-72)91(85-29-11-7-25-79(85)80-26-8-12-30-86(80)91)75-49-41-69(42-50-75)71-22-15-21-70(57-71)62-19-5-2-6-20-62/h1-60H. The summed E-state index contributed by atoms with van der Waals surface area (Å²) in [5.74, 6) is 0. The quantitative estimate of drug-likeness (QED) is 0.122. The van der Waals surface area contributed by atoms with Gasteiger partial charge in [0.1, 0.15) is 0 Å². The van der Waals surface area contributed by atoms with Gasteiger partial charge in [-0.05, 0) is 184 Å². The molecular weight excluding hydrogens is 1120 g/mol. The van der Waals surface area contributed by atoms with Gasteiger partial charge >= 0.3 is 0 Å². The summed E-state index contributed by atoms with van der Waals surface area (Å²) in [6.07, 6.45) is 0. The normalized spacial score (nSPS) is 12.4. The van der Waals surface area contributed by atoms with Crippen molar-refractivity contribution >= 4 is 43.6 Å². The topological polar surface area (TPSA) is 9.86 Å². The van der Waals surface area contributed by atoms with E-state index < -0.39 is 5.41 Å². The number of nitrogens with zero attached hydrogens (tertiary/aromatic N) is 2. The van der Waals surface area contributed by atoms with E-state index in [1.165, 1.54) is 155 Å². The van der Waals surface area contributed by atoms with Crippen molar-refractivity contribution in [3.63, 3.8) is 0 Å². The summed E-state index contributed by atoms with van der Waals surface area (Å²) < 4.78 is 4.81.